The number of hydrogen-bond acceptors (Lipinski definition) is 6. The molecule has 8 nitrogen and oxygen atoms in total. The Hall–Kier alpha value is -2.48. The molecule has 0 aliphatic carbocycles. The smallest absolute Gasteiger partial charge is 0.272 e. The van der Waals surface area contributed by atoms with Crippen LogP contribution in [0.2, 0.25) is 0 Å². The Morgan fingerprint density at radius 3 is 2.95 bits per heavy atom. The van der Waals surface area contributed by atoms with Gasteiger partial charge in [-0.15, -0.1) is 5.10 Å². The van der Waals surface area contributed by atoms with E-state index in [0.29, 0.717) is 19.0 Å². The molecule has 2 aromatic heterocycles. The average molecular weight is 303 g/mol. The Bertz CT molecular complexity index is 655. The maximum Gasteiger partial charge on any atom is 0.272 e. The van der Waals surface area contributed by atoms with Gasteiger partial charge in [-0.1, -0.05) is 0 Å². The topological polar surface area (TPSA) is 91.2 Å². The maximum absolute atomic E-state index is 12.2. The molecule has 1 fully saturated rings. The monoisotopic (exact) mass is 303 g/mol. The second kappa shape index (κ2) is 6.10. The lowest BCUT2D eigenvalue weighted by molar-refractivity contribution is 0.0898. The van der Waals surface area contributed by atoms with Crippen molar-refractivity contribution in [2.75, 3.05) is 13.2 Å². The van der Waals surface area contributed by atoms with E-state index in [0.717, 1.165) is 5.69 Å². The normalized spacial score (nSPS) is 20.8. The van der Waals surface area contributed by atoms with Crippen molar-refractivity contribution in [3.05, 3.63) is 35.9 Å². The molecule has 1 aliphatic rings. The van der Waals surface area contributed by atoms with Crippen LogP contribution in [-0.4, -0.2) is 51.2 Å². The van der Waals surface area contributed by atoms with Gasteiger partial charge in [-0.25, -0.2) is 0 Å². The SMILES string of the molecule is Cc1ccc(C(=O)N[C@H]2COC[C@H]2Oc2cnn(C)c2)nn1. The highest BCUT2D eigenvalue weighted by atomic mass is 16.5. The van der Waals surface area contributed by atoms with E-state index in [1.807, 2.05) is 14.0 Å². The first kappa shape index (κ1) is 14.5. The minimum absolute atomic E-state index is 0.240. The summed E-state index contributed by atoms with van der Waals surface area (Å²) in [6.07, 6.45) is 3.14. The Labute approximate surface area is 127 Å². The van der Waals surface area contributed by atoms with E-state index in [9.17, 15) is 4.79 Å². The van der Waals surface area contributed by atoms with Crippen molar-refractivity contribution in [3.63, 3.8) is 0 Å². The molecule has 1 aliphatic heterocycles. The van der Waals surface area contributed by atoms with Gasteiger partial charge in [-0.2, -0.15) is 10.2 Å². The van der Waals surface area contributed by atoms with E-state index < -0.39 is 0 Å². The van der Waals surface area contributed by atoms with Crippen molar-refractivity contribution in [1.82, 2.24) is 25.3 Å². The Kier molecular flexibility index (Phi) is 4.01. The zero-order valence-corrected chi connectivity index (χ0v) is 12.4. The first-order valence-corrected chi connectivity index (χ1v) is 6.96. The largest absolute Gasteiger partial charge is 0.482 e. The first-order chi connectivity index (χ1) is 10.6. The molecule has 0 aromatic carbocycles. The average Bonchev–Trinajstić information content (AvgIpc) is 3.10. The summed E-state index contributed by atoms with van der Waals surface area (Å²) in [5.74, 6) is 0.357. The third-order valence-corrected chi connectivity index (χ3v) is 3.34. The summed E-state index contributed by atoms with van der Waals surface area (Å²) in [5.41, 5.74) is 1.04. The summed E-state index contributed by atoms with van der Waals surface area (Å²) in [6.45, 7) is 2.63. The number of aromatic nitrogens is 4. The zero-order chi connectivity index (χ0) is 15.5. The molecule has 0 radical (unpaired) electrons. The third kappa shape index (κ3) is 3.22. The van der Waals surface area contributed by atoms with Crippen LogP contribution in [0.3, 0.4) is 0 Å². The second-order valence-corrected chi connectivity index (χ2v) is 5.18. The number of amides is 1. The summed E-state index contributed by atoms with van der Waals surface area (Å²) < 4.78 is 12.9. The lowest BCUT2D eigenvalue weighted by Crippen LogP contribution is -2.45. The molecule has 3 rings (SSSR count). The van der Waals surface area contributed by atoms with Gasteiger partial charge in [-0.3, -0.25) is 9.48 Å². The van der Waals surface area contributed by atoms with Gasteiger partial charge in [0, 0.05) is 7.05 Å². The van der Waals surface area contributed by atoms with Crippen LogP contribution < -0.4 is 10.1 Å². The summed E-state index contributed by atoms with van der Waals surface area (Å²) in [4.78, 5) is 12.2. The van der Waals surface area contributed by atoms with Crippen molar-refractivity contribution in [2.45, 2.75) is 19.1 Å². The van der Waals surface area contributed by atoms with E-state index in [4.69, 9.17) is 9.47 Å². The number of ether oxygens (including phenoxy) is 2. The van der Waals surface area contributed by atoms with Gasteiger partial charge in [0.25, 0.3) is 5.91 Å². The van der Waals surface area contributed by atoms with Gasteiger partial charge in [0.1, 0.15) is 6.10 Å². The molecule has 0 unspecified atom stereocenters. The van der Waals surface area contributed by atoms with Gasteiger partial charge >= 0.3 is 0 Å². The molecule has 0 bridgehead atoms. The summed E-state index contributed by atoms with van der Waals surface area (Å²) in [6, 6.07) is 3.15. The fourth-order valence-electron chi connectivity index (χ4n) is 2.18. The minimum atomic E-state index is -0.289. The molecule has 1 amide bonds. The van der Waals surface area contributed by atoms with E-state index in [-0.39, 0.29) is 23.7 Å². The number of aryl methyl sites for hydroxylation is 2. The number of rotatable bonds is 4. The molecule has 0 saturated carbocycles. The van der Waals surface area contributed by atoms with E-state index >= 15 is 0 Å². The number of carbonyl (C=O) groups is 1. The molecule has 1 N–H and O–H groups in total. The van der Waals surface area contributed by atoms with Crippen LogP contribution in [0, 0.1) is 6.92 Å². The van der Waals surface area contributed by atoms with Crippen molar-refractivity contribution in [1.29, 1.82) is 0 Å². The molecule has 1 saturated heterocycles. The van der Waals surface area contributed by atoms with E-state index in [2.05, 4.69) is 20.6 Å². The van der Waals surface area contributed by atoms with Gasteiger partial charge in [0.2, 0.25) is 0 Å². The van der Waals surface area contributed by atoms with E-state index in [1.165, 1.54) is 0 Å². The molecule has 22 heavy (non-hydrogen) atoms. The van der Waals surface area contributed by atoms with Crippen LogP contribution in [0.25, 0.3) is 0 Å². The number of nitrogens with zero attached hydrogens (tertiary/aromatic N) is 4. The minimum Gasteiger partial charge on any atom is -0.482 e. The van der Waals surface area contributed by atoms with Crippen LogP contribution in [0.1, 0.15) is 16.2 Å². The van der Waals surface area contributed by atoms with Crippen molar-refractivity contribution in [3.8, 4) is 5.75 Å². The number of nitrogens with one attached hydrogen (secondary N) is 1. The highest BCUT2D eigenvalue weighted by Crippen LogP contribution is 2.16. The fraction of sp³-hybridized carbons (Fsp3) is 0.429. The third-order valence-electron chi connectivity index (χ3n) is 3.34. The molecule has 8 heteroatoms. The number of hydrogen-bond donors (Lipinski definition) is 1. The van der Waals surface area contributed by atoms with Crippen LogP contribution in [-0.2, 0) is 11.8 Å². The van der Waals surface area contributed by atoms with Crippen molar-refractivity contribution in [2.24, 2.45) is 7.05 Å². The molecule has 2 atom stereocenters. The lowest BCUT2D eigenvalue weighted by atomic mass is 10.2. The number of carbonyl (C=O) groups excluding carboxylic acids is 1. The highest BCUT2D eigenvalue weighted by Gasteiger charge is 2.32. The highest BCUT2D eigenvalue weighted by molar-refractivity contribution is 5.92. The molecule has 2 aromatic rings. The molecular weight excluding hydrogens is 286 g/mol. The van der Waals surface area contributed by atoms with Crippen molar-refractivity contribution >= 4 is 5.91 Å². The quantitative estimate of drug-likeness (QED) is 0.861. The first-order valence-electron chi connectivity index (χ1n) is 6.96. The van der Waals surface area contributed by atoms with Gasteiger partial charge in [0.05, 0.1) is 37.3 Å². The second-order valence-electron chi connectivity index (χ2n) is 5.18. The lowest BCUT2D eigenvalue weighted by Gasteiger charge is -2.19. The predicted molar refractivity (Wildman–Crippen MR) is 76.5 cm³/mol. The Morgan fingerprint density at radius 1 is 1.41 bits per heavy atom. The van der Waals surface area contributed by atoms with Crippen LogP contribution >= 0.6 is 0 Å². The Balaban J connectivity index is 1.63. The van der Waals surface area contributed by atoms with Crippen molar-refractivity contribution < 1.29 is 14.3 Å². The summed E-state index contributed by atoms with van der Waals surface area (Å²) in [7, 11) is 1.81. The molecular formula is C14H17N5O3. The molecule has 116 valence electrons. The molecule has 3 heterocycles. The molecule has 0 spiro atoms. The maximum atomic E-state index is 12.2. The van der Waals surface area contributed by atoms with Gasteiger partial charge in [0.15, 0.2) is 11.4 Å². The standard InChI is InChI=1S/C14H17N5O3/c1-9-3-4-11(18-17-9)14(20)16-12-7-21-8-13(12)22-10-5-15-19(2)6-10/h3-6,12-13H,7-8H2,1-2H3,(H,16,20)/t12-,13+/m0/s1. The van der Waals surface area contributed by atoms with Gasteiger partial charge in [-0.05, 0) is 19.1 Å². The summed E-state index contributed by atoms with van der Waals surface area (Å²) >= 11 is 0. The van der Waals surface area contributed by atoms with Crippen LogP contribution in [0.5, 0.6) is 5.75 Å². The van der Waals surface area contributed by atoms with Crippen LogP contribution in [0.15, 0.2) is 24.5 Å². The fourth-order valence-corrected chi connectivity index (χ4v) is 2.18. The zero-order valence-electron chi connectivity index (χ0n) is 12.4. The predicted octanol–water partition coefficient (Wildman–Crippen LogP) is 0.0947. The van der Waals surface area contributed by atoms with E-state index in [1.54, 1.807) is 29.2 Å². The summed E-state index contributed by atoms with van der Waals surface area (Å²) in [5, 5.41) is 14.7. The van der Waals surface area contributed by atoms with Crippen LogP contribution in [0.4, 0.5) is 0 Å². The Morgan fingerprint density at radius 2 is 2.27 bits per heavy atom. The van der Waals surface area contributed by atoms with Gasteiger partial charge < -0.3 is 14.8 Å².